The molecule has 194 valence electrons. The summed E-state index contributed by atoms with van der Waals surface area (Å²) in [6.07, 6.45) is -1.97. The summed E-state index contributed by atoms with van der Waals surface area (Å²) in [5.74, 6) is -0.985. The van der Waals surface area contributed by atoms with E-state index in [9.17, 15) is 18.4 Å². The van der Waals surface area contributed by atoms with Crippen molar-refractivity contribution in [1.82, 2.24) is 19.4 Å². The lowest BCUT2D eigenvalue weighted by Gasteiger charge is -2.39. The summed E-state index contributed by atoms with van der Waals surface area (Å²) in [4.78, 5) is 34.0. The first kappa shape index (κ1) is 24.5. The van der Waals surface area contributed by atoms with Gasteiger partial charge in [0.1, 0.15) is 18.1 Å². The molecular formula is C25H27F2N7O3. The van der Waals surface area contributed by atoms with Gasteiger partial charge < -0.3 is 20.3 Å². The Bertz CT molecular complexity index is 1470. The van der Waals surface area contributed by atoms with Gasteiger partial charge in [0.25, 0.3) is 0 Å². The minimum atomic E-state index is -0.954. The SMILES string of the molecule is [C-]#[N+]c1cc(F)c(Nc2ccc3c(c2)n(C[C@H]2CNC(=O)O2)c(=O)n3C)nc1N1C[C@@H](C)C(F)[C@@H](C)C1. The predicted molar refractivity (Wildman–Crippen MR) is 135 cm³/mol. The Morgan fingerprint density at radius 3 is 2.59 bits per heavy atom. The molecule has 0 saturated carbocycles. The second-order valence-electron chi connectivity index (χ2n) is 9.77. The molecule has 2 aliphatic heterocycles. The van der Waals surface area contributed by atoms with E-state index < -0.39 is 24.2 Å². The van der Waals surface area contributed by atoms with E-state index in [0.717, 1.165) is 6.07 Å². The molecule has 1 aromatic carbocycles. The molecule has 4 atom stereocenters. The van der Waals surface area contributed by atoms with Gasteiger partial charge in [-0.3, -0.25) is 9.13 Å². The van der Waals surface area contributed by atoms with Crippen molar-refractivity contribution in [3.8, 4) is 0 Å². The van der Waals surface area contributed by atoms with Crippen molar-refractivity contribution in [3.63, 3.8) is 0 Å². The number of halogens is 2. The van der Waals surface area contributed by atoms with Crippen LogP contribution in [0, 0.1) is 24.2 Å². The van der Waals surface area contributed by atoms with Crippen LogP contribution in [0.25, 0.3) is 15.9 Å². The van der Waals surface area contributed by atoms with Crippen molar-refractivity contribution in [1.29, 1.82) is 0 Å². The van der Waals surface area contributed by atoms with E-state index in [4.69, 9.17) is 11.3 Å². The van der Waals surface area contributed by atoms with Gasteiger partial charge in [-0.15, -0.1) is 0 Å². The van der Waals surface area contributed by atoms with Gasteiger partial charge in [0.05, 0.1) is 30.7 Å². The molecule has 10 nitrogen and oxygen atoms in total. The molecule has 3 aromatic rings. The Hall–Kier alpha value is -4.14. The molecule has 2 aromatic heterocycles. The number of pyridine rings is 1. The fraction of sp³-hybridized carbons (Fsp3) is 0.440. The van der Waals surface area contributed by atoms with Crippen molar-refractivity contribution >= 4 is 40.1 Å². The van der Waals surface area contributed by atoms with Gasteiger partial charge in [-0.25, -0.2) is 28.2 Å². The number of carbonyl (C=O) groups excluding carboxylic acids is 1. The summed E-state index contributed by atoms with van der Waals surface area (Å²) >= 11 is 0. The monoisotopic (exact) mass is 511 g/mol. The highest BCUT2D eigenvalue weighted by Gasteiger charge is 2.33. The number of piperidine rings is 1. The molecule has 37 heavy (non-hydrogen) atoms. The first-order valence-electron chi connectivity index (χ1n) is 12.0. The number of rotatable bonds is 5. The van der Waals surface area contributed by atoms with Gasteiger partial charge in [0, 0.05) is 37.7 Å². The second-order valence-corrected chi connectivity index (χ2v) is 9.77. The van der Waals surface area contributed by atoms with Gasteiger partial charge in [-0.2, -0.15) is 0 Å². The topological polar surface area (TPSA) is 97.8 Å². The normalized spacial score (nSPS) is 23.6. The number of benzene rings is 1. The molecule has 2 aliphatic rings. The summed E-state index contributed by atoms with van der Waals surface area (Å²) in [6.45, 7) is 12.3. The van der Waals surface area contributed by atoms with E-state index >= 15 is 0 Å². The lowest BCUT2D eigenvalue weighted by Crippen LogP contribution is -2.46. The van der Waals surface area contributed by atoms with E-state index in [0.29, 0.717) is 42.2 Å². The van der Waals surface area contributed by atoms with E-state index in [1.807, 2.05) is 18.7 Å². The zero-order chi connectivity index (χ0) is 26.4. The number of carbonyl (C=O) groups is 1. The molecule has 4 heterocycles. The number of hydrogen-bond acceptors (Lipinski definition) is 6. The van der Waals surface area contributed by atoms with Gasteiger partial charge in [0.2, 0.25) is 5.69 Å². The largest absolute Gasteiger partial charge is 0.442 e. The number of nitrogens with zero attached hydrogens (tertiary/aromatic N) is 5. The lowest BCUT2D eigenvalue weighted by molar-refractivity contribution is 0.131. The number of cyclic esters (lactones) is 1. The van der Waals surface area contributed by atoms with E-state index in [1.54, 1.807) is 25.2 Å². The number of fused-ring (bicyclic) bond motifs is 1. The lowest BCUT2D eigenvalue weighted by atomic mass is 9.89. The molecule has 2 fully saturated rings. The van der Waals surface area contributed by atoms with Crippen molar-refractivity contribution in [2.75, 3.05) is 29.9 Å². The zero-order valence-corrected chi connectivity index (χ0v) is 20.7. The maximum Gasteiger partial charge on any atom is 0.407 e. The summed E-state index contributed by atoms with van der Waals surface area (Å²) in [5, 5.41) is 5.54. The summed E-state index contributed by atoms with van der Waals surface area (Å²) in [5.41, 5.74) is 1.49. The number of anilines is 3. The van der Waals surface area contributed by atoms with Gasteiger partial charge >= 0.3 is 11.8 Å². The third-order valence-corrected chi connectivity index (χ3v) is 7.00. The van der Waals surface area contributed by atoms with Crippen LogP contribution in [0.1, 0.15) is 13.8 Å². The van der Waals surface area contributed by atoms with Gasteiger partial charge in [-0.05, 0) is 24.3 Å². The highest BCUT2D eigenvalue weighted by molar-refractivity contribution is 5.82. The molecular weight excluding hydrogens is 484 g/mol. The quantitative estimate of drug-likeness (QED) is 0.507. The van der Waals surface area contributed by atoms with Crippen LogP contribution in [-0.2, 0) is 18.3 Å². The summed E-state index contributed by atoms with van der Waals surface area (Å²) in [6, 6.07) is 6.26. The van der Waals surface area contributed by atoms with Crippen molar-refractivity contribution < 1.29 is 18.3 Å². The molecule has 0 aliphatic carbocycles. The number of hydrogen-bond donors (Lipinski definition) is 2. The third-order valence-electron chi connectivity index (χ3n) is 7.00. The molecule has 2 N–H and O–H groups in total. The van der Waals surface area contributed by atoms with E-state index in [-0.39, 0.29) is 35.6 Å². The smallest absolute Gasteiger partial charge is 0.407 e. The molecule has 1 amide bonds. The maximum atomic E-state index is 15.0. The molecule has 0 spiro atoms. The van der Waals surface area contributed by atoms with Crippen LogP contribution >= 0.6 is 0 Å². The Kier molecular flexibility index (Phi) is 6.23. The molecule has 2 saturated heterocycles. The maximum absolute atomic E-state index is 15.0. The Labute approximate surface area is 211 Å². The molecule has 12 heteroatoms. The minimum absolute atomic E-state index is 0.0619. The van der Waals surface area contributed by atoms with Crippen molar-refractivity contribution in [2.45, 2.75) is 32.7 Å². The van der Waals surface area contributed by atoms with Crippen LogP contribution in [-0.4, -0.2) is 52.1 Å². The average molecular weight is 512 g/mol. The van der Waals surface area contributed by atoms with Crippen LogP contribution in [0.5, 0.6) is 0 Å². The Morgan fingerprint density at radius 1 is 1.22 bits per heavy atom. The molecule has 0 radical (unpaired) electrons. The number of aromatic nitrogens is 3. The number of aryl methyl sites for hydroxylation is 1. The standard InChI is InChI=1S/C25H27F2N7O3/c1-13-10-33(11-14(2)21(13)27)23-18(28-3)8-17(26)22(31-23)30-15-5-6-19-20(7-15)34(25(36)32(19)4)12-16-9-29-24(35)37-16/h5-8,13-14,16,21H,9-12H2,1-2,4H3,(H,29,35)(H,30,31)/t13-,14+,16-,21?/m1/s1. The minimum Gasteiger partial charge on any atom is -0.442 e. The summed E-state index contributed by atoms with van der Waals surface area (Å²) < 4.78 is 37.6. The highest BCUT2D eigenvalue weighted by atomic mass is 19.1. The molecule has 1 unspecified atom stereocenters. The number of ether oxygens (including phenoxy) is 1. The van der Waals surface area contributed by atoms with Crippen molar-refractivity contribution in [2.24, 2.45) is 18.9 Å². The Balaban J connectivity index is 1.48. The first-order valence-corrected chi connectivity index (χ1v) is 12.0. The van der Waals surface area contributed by atoms with Crippen molar-refractivity contribution in [3.05, 3.63) is 52.0 Å². The molecule has 0 bridgehead atoms. The van der Waals surface area contributed by atoms with Crippen LogP contribution in [0.15, 0.2) is 29.1 Å². The van der Waals surface area contributed by atoms with Gasteiger partial charge in [-0.1, -0.05) is 13.8 Å². The second kappa shape index (κ2) is 9.38. The number of imidazole rings is 1. The molecule has 5 rings (SSSR count). The zero-order valence-electron chi connectivity index (χ0n) is 20.7. The fourth-order valence-electron chi connectivity index (χ4n) is 5.12. The van der Waals surface area contributed by atoms with E-state index in [2.05, 4.69) is 20.5 Å². The van der Waals surface area contributed by atoms with Crippen LogP contribution in [0.4, 0.5) is 36.6 Å². The number of alkyl carbamates (subject to hydrolysis) is 1. The average Bonchev–Trinajstić information content (AvgIpc) is 3.39. The van der Waals surface area contributed by atoms with Crippen LogP contribution in [0.3, 0.4) is 0 Å². The number of amides is 1. The van der Waals surface area contributed by atoms with Gasteiger partial charge in [0.15, 0.2) is 11.6 Å². The van der Waals surface area contributed by atoms with E-state index in [1.165, 1.54) is 9.13 Å². The first-order chi connectivity index (χ1) is 17.7. The highest BCUT2D eigenvalue weighted by Crippen LogP contribution is 2.36. The predicted octanol–water partition coefficient (Wildman–Crippen LogP) is 3.71. The van der Waals surface area contributed by atoms with Crippen LogP contribution in [0.2, 0.25) is 0 Å². The third kappa shape index (κ3) is 4.45. The van der Waals surface area contributed by atoms with Crippen LogP contribution < -0.4 is 21.2 Å². The number of alkyl halides is 1. The number of nitrogens with one attached hydrogen (secondary N) is 2. The fourth-order valence-corrected chi connectivity index (χ4v) is 5.12. The Morgan fingerprint density at radius 2 is 1.95 bits per heavy atom. The summed E-state index contributed by atoms with van der Waals surface area (Å²) in [7, 11) is 1.65.